The minimum Gasteiger partial charge on any atom is -0.344 e. The number of imidazole rings is 1. The Morgan fingerprint density at radius 3 is 2.21 bits per heavy atom. The molecule has 1 amide bonds. The van der Waals surface area contributed by atoms with E-state index in [-0.39, 0.29) is 11.9 Å². The van der Waals surface area contributed by atoms with E-state index >= 15 is 0 Å². The van der Waals surface area contributed by atoms with Crippen molar-refractivity contribution in [2.45, 2.75) is 39.3 Å². The Morgan fingerprint density at radius 2 is 1.58 bits per heavy atom. The molecule has 168 valence electrons. The van der Waals surface area contributed by atoms with E-state index in [4.69, 9.17) is 4.98 Å². The lowest BCUT2D eigenvalue weighted by atomic mass is 10.0. The molecule has 5 heteroatoms. The van der Waals surface area contributed by atoms with Crippen LogP contribution in [0.1, 0.15) is 48.8 Å². The molecule has 1 unspecified atom stereocenters. The molecule has 0 saturated carbocycles. The molecule has 0 fully saturated rings. The van der Waals surface area contributed by atoms with Gasteiger partial charge in [-0.25, -0.2) is 9.37 Å². The molecule has 1 aromatic heterocycles. The van der Waals surface area contributed by atoms with Gasteiger partial charge in [-0.3, -0.25) is 4.79 Å². The average Bonchev–Trinajstić information content (AvgIpc) is 3.24. The van der Waals surface area contributed by atoms with Gasteiger partial charge in [0.05, 0.1) is 6.04 Å². The van der Waals surface area contributed by atoms with Crippen LogP contribution in [0.25, 0.3) is 22.6 Å². The van der Waals surface area contributed by atoms with Gasteiger partial charge in [0.2, 0.25) is 0 Å². The lowest BCUT2D eigenvalue weighted by Crippen LogP contribution is -2.30. The Bertz CT molecular complexity index is 1220. The van der Waals surface area contributed by atoms with E-state index < -0.39 is 5.82 Å². The molecule has 0 aliphatic rings. The second-order valence-electron chi connectivity index (χ2n) is 7.95. The van der Waals surface area contributed by atoms with E-state index in [0.29, 0.717) is 29.3 Å². The zero-order valence-corrected chi connectivity index (χ0v) is 19.0. The topological polar surface area (TPSA) is 46.9 Å². The summed E-state index contributed by atoms with van der Waals surface area (Å²) in [7, 11) is 0. The van der Waals surface area contributed by atoms with Gasteiger partial charge >= 0.3 is 0 Å². The second-order valence-corrected chi connectivity index (χ2v) is 7.95. The van der Waals surface area contributed by atoms with Crippen molar-refractivity contribution in [3.63, 3.8) is 0 Å². The van der Waals surface area contributed by atoms with Gasteiger partial charge in [0.1, 0.15) is 23.0 Å². The summed E-state index contributed by atoms with van der Waals surface area (Å²) < 4.78 is 16.7. The zero-order valence-electron chi connectivity index (χ0n) is 19.0. The number of nitrogens with zero attached hydrogens (tertiary/aromatic N) is 2. The summed E-state index contributed by atoms with van der Waals surface area (Å²) in [6.07, 6.45) is 1.72. The van der Waals surface area contributed by atoms with E-state index in [1.807, 2.05) is 72.2 Å². The number of halogens is 1. The standard InChI is InChI=1S/C28H28FN3O/c1-3-13-24(20-14-7-5-8-15-20)30-28(33)26-25(22-18-11-12-19-23(22)29)31-27(32(26)4-2)21-16-9-6-10-17-21/h5-12,14-19,24H,3-4,13H2,1-2H3,(H,30,33). The average molecular weight is 442 g/mol. The lowest BCUT2D eigenvalue weighted by Gasteiger charge is -2.20. The number of carbonyl (C=O) groups excluding carboxylic acids is 1. The third kappa shape index (κ3) is 4.72. The number of hydrogen-bond acceptors (Lipinski definition) is 2. The third-order valence-corrected chi connectivity index (χ3v) is 5.74. The van der Waals surface area contributed by atoms with Crippen molar-refractivity contribution in [2.24, 2.45) is 0 Å². The largest absolute Gasteiger partial charge is 0.344 e. The Kier molecular flexibility index (Phi) is 6.98. The van der Waals surface area contributed by atoms with Gasteiger partial charge in [0.25, 0.3) is 5.91 Å². The first-order chi connectivity index (χ1) is 16.1. The van der Waals surface area contributed by atoms with E-state index in [9.17, 15) is 9.18 Å². The molecule has 1 atom stereocenters. The minimum atomic E-state index is -0.403. The number of nitrogens with one attached hydrogen (secondary N) is 1. The second kappa shape index (κ2) is 10.3. The fourth-order valence-corrected chi connectivity index (χ4v) is 4.16. The monoisotopic (exact) mass is 441 g/mol. The van der Waals surface area contributed by atoms with Crippen molar-refractivity contribution in [1.29, 1.82) is 0 Å². The molecule has 0 aliphatic carbocycles. The summed E-state index contributed by atoms with van der Waals surface area (Å²) in [5.41, 5.74) is 2.97. The number of aromatic nitrogens is 2. The fourth-order valence-electron chi connectivity index (χ4n) is 4.16. The van der Waals surface area contributed by atoms with E-state index in [1.54, 1.807) is 18.2 Å². The first-order valence-electron chi connectivity index (χ1n) is 11.4. The molecule has 3 aromatic carbocycles. The maximum absolute atomic E-state index is 14.8. The number of rotatable bonds is 8. The summed E-state index contributed by atoms with van der Waals surface area (Å²) in [6.45, 7) is 4.59. The molecule has 0 spiro atoms. The molecule has 33 heavy (non-hydrogen) atoms. The molecule has 1 heterocycles. The van der Waals surface area contributed by atoms with E-state index in [1.165, 1.54) is 6.07 Å². The highest BCUT2D eigenvalue weighted by Crippen LogP contribution is 2.32. The lowest BCUT2D eigenvalue weighted by molar-refractivity contribution is 0.0926. The first-order valence-corrected chi connectivity index (χ1v) is 11.4. The summed E-state index contributed by atoms with van der Waals surface area (Å²) in [6, 6.07) is 26.0. The fraction of sp³-hybridized carbons (Fsp3) is 0.214. The predicted octanol–water partition coefficient (Wildman–Crippen LogP) is 6.65. The molecule has 4 aromatic rings. The van der Waals surface area contributed by atoms with Crippen LogP contribution in [0.5, 0.6) is 0 Å². The van der Waals surface area contributed by atoms with Crippen molar-refractivity contribution in [3.8, 4) is 22.6 Å². The Hall–Kier alpha value is -3.73. The Balaban J connectivity index is 1.84. The summed E-state index contributed by atoms with van der Waals surface area (Å²) >= 11 is 0. The summed E-state index contributed by atoms with van der Waals surface area (Å²) in [4.78, 5) is 18.5. The van der Waals surface area contributed by atoms with Crippen LogP contribution >= 0.6 is 0 Å². The van der Waals surface area contributed by atoms with E-state index in [0.717, 1.165) is 24.0 Å². The van der Waals surface area contributed by atoms with Gasteiger partial charge in [-0.1, -0.05) is 86.1 Å². The Labute approximate surface area is 194 Å². The van der Waals surface area contributed by atoms with Crippen molar-refractivity contribution in [2.75, 3.05) is 0 Å². The van der Waals surface area contributed by atoms with Crippen molar-refractivity contribution >= 4 is 5.91 Å². The number of amides is 1. The third-order valence-electron chi connectivity index (χ3n) is 5.74. The van der Waals surface area contributed by atoms with Crippen LogP contribution < -0.4 is 5.32 Å². The van der Waals surface area contributed by atoms with Crippen LogP contribution in [0.15, 0.2) is 84.9 Å². The number of hydrogen-bond donors (Lipinski definition) is 1. The molecule has 0 aliphatic heterocycles. The number of benzene rings is 3. The van der Waals surface area contributed by atoms with Crippen LogP contribution in [0, 0.1) is 5.82 Å². The van der Waals surface area contributed by atoms with Gasteiger partial charge < -0.3 is 9.88 Å². The molecule has 0 saturated heterocycles. The maximum Gasteiger partial charge on any atom is 0.270 e. The molecule has 4 rings (SSSR count). The molecular weight excluding hydrogens is 413 g/mol. The van der Waals surface area contributed by atoms with Gasteiger partial charge in [0, 0.05) is 17.7 Å². The smallest absolute Gasteiger partial charge is 0.270 e. The van der Waals surface area contributed by atoms with Gasteiger partial charge in [-0.15, -0.1) is 0 Å². The highest BCUT2D eigenvalue weighted by molar-refractivity contribution is 6.00. The van der Waals surface area contributed by atoms with Crippen LogP contribution in [0.2, 0.25) is 0 Å². The van der Waals surface area contributed by atoms with Crippen molar-refractivity contribution in [3.05, 3.63) is 102 Å². The molecular formula is C28H28FN3O. The molecule has 4 nitrogen and oxygen atoms in total. The highest BCUT2D eigenvalue weighted by Gasteiger charge is 2.27. The molecule has 1 N–H and O–H groups in total. The van der Waals surface area contributed by atoms with Gasteiger partial charge in [-0.2, -0.15) is 0 Å². The Morgan fingerprint density at radius 1 is 0.939 bits per heavy atom. The van der Waals surface area contributed by atoms with Crippen LogP contribution in [0.3, 0.4) is 0 Å². The molecule has 0 radical (unpaired) electrons. The molecule has 0 bridgehead atoms. The number of carbonyl (C=O) groups is 1. The van der Waals surface area contributed by atoms with Crippen molar-refractivity contribution < 1.29 is 9.18 Å². The van der Waals surface area contributed by atoms with Crippen molar-refractivity contribution in [1.82, 2.24) is 14.9 Å². The van der Waals surface area contributed by atoms with Gasteiger partial charge in [0.15, 0.2) is 0 Å². The maximum atomic E-state index is 14.8. The minimum absolute atomic E-state index is 0.141. The summed E-state index contributed by atoms with van der Waals surface area (Å²) in [5, 5.41) is 3.20. The highest BCUT2D eigenvalue weighted by atomic mass is 19.1. The predicted molar refractivity (Wildman–Crippen MR) is 130 cm³/mol. The SMILES string of the molecule is CCCC(NC(=O)c1c(-c2ccccc2F)nc(-c2ccccc2)n1CC)c1ccccc1. The van der Waals surface area contributed by atoms with Crippen LogP contribution in [-0.2, 0) is 6.54 Å². The zero-order chi connectivity index (χ0) is 23.2. The quantitative estimate of drug-likeness (QED) is 0.333. The van der Waals surface area contributed by atoms with Crippen LogP contribution in [-0.4, -0.2) is 15.5 Å². The van der Waals surface area contributed by atoms with Crippen LogP contribution in [0.4, 0.5) is 4.39 Å². The first kappa shape index (κ1) is 22.5. The van der Waals surface area contributed by atoms with Gasteiger partial charge in [-0.05, 0) is 31.0 Å². The summed E-state index contributed by atoms with van der Waals surface area (Å²) in [5.74, 6) is -0.0135. The van der Waals surface area contributed by atoms with E-state index in [2.05, 4.69) is 12.2 Å². The normalized spacial score (nSPS) is 11.8.